The molecule has 3 aromatic rings. The number of carbonyl (C=O) groups is 1. The number of sulfone groups is 1. The summed E-state index contributed by atoms with van der Waals surface area (Å²) >= 11 is 0. The molecule has 9 heteroatoms. The van der Waals surface area contributed by atoms with Gasteiger partial charge in [0, 0.05) is 12.7 Å². The molecule has 2 aromatic carbocycles. The van der Waals surface area contributed by atoms with E-state index in [1.807, 2.05) is 36.4 Å². The number of aryl methyl sites for hydroxylation is 1. The van der Waals surface area contributed by atoms with Gasteiger partial charge in [-0.15, -0.1) is 0 Å². The van der Waals surface area contributed by atoms with Crippen molar-refractivity contribution >= 4 is 26.6 Å². The number of H-pyrrole nitrogens is 1. The van der Waals surface area contributed by atoms with E-state index in [4.69, 9.17) is 5.21 Å². The van der Waals surface area contributed by atoms with Crippen molar-refractivity contribution in [3.63, 3.8) is 0 Å². The highest BCUT2D eigenvalue weighted by Gasteiger charge is 2.43. The van der Waals surface area contributed by atoms with Crippen LogP contribution in [0.25, 0.3) is 22.0 Å². The lowest BCUT2D eigenvalue weighted by Crippen LogP contribution is -2.49. The van der Waals surface area contributed by atoms with Gasteiger partial charge in [0.25, 0.3) is 11.5 Å². The van der Waals surface area contributed by atoms with Crippen LogP contribution in [0, 0.1) is 0 Å². The van der Waals surface area contributed by atoms with Crippen molar-refractivity contribution in [2.45, 2.75) is 24.5 Å². The standard InChI is InChI=1S/C20H21N3O5S/c1-20(19(25)23-26,29(2,27)28)11-10-17-21-16-12-14(13-6-4-3-5-7-13)8-9-15(16)18(24)22-17/h3-9,12,26H,10-11H2,1-2H3,(H,23,25)(H,21,22,24)/t20-/m1/s1. The average Bonchev–Trinajstić information content (AvgIpc) is 2.70. The number of hydrogen-bond donors (Lipinski definition) is 3. The Bertz CT molecular complexity index is 1220. The zero-order valence-electron chi connectivity index (χ0n) is 16.0. The molecule has 3 rings (SSSR count). The lowest BCUT2D eigenvalue weighted by molar-refractivity contribution is -0.131. The fourth-order valence-corrected chi connectivity index (χ4v) is 3.91. The zero-order chi connectivity index (χ0) is 21.2. The predicted octanol–water partition coefficient (Wildman–Crippen LogP) is 1.83. The van der Waals surface area contributed by atoms with Gasteiger partial charge < -0.3 is 4.98 Å². The number of nitrogens with one attached hydrogen (secondary N) is 2. The molecule has 0 saturated heterocycles. The average molecular weight is 415 g/mol. The molecule has 0 fully saturated rings. The number of amides is 1. The number of hydrogen-bond acceptors (Lipinski definition) is 6. The van der Waals surface area contributed by atoms with Crippen LogP contribution in [0.5, 0.6) is 0 Å². The van der Waals surface area contributed by atoms with Crippen molar-refractivity contribution in [1.82, 2.24) is 15.4 Å². The summed E-state index contributed by atoms with van der Waals surface area (Å²) in [6.45, 7) is 1.22. The summed E-state index contributed by atoms with van der Waals surface area (Å²) in [5.41, 5.74) is 3.39. The smallest absolute Gasteiger partial charge is 0.264 e. The molecule has 1 atom stereocenters. The van der Waals surface area contributed by atoms with Gasteiger partial charge in [-0.05, 0) is 36.6 Å². The first-order chi connectivity index (χ1) is 13.7. The molecule has 0 unspecified atom stereocenters. The van der Waals surface area contributed by atoms with Crippen LogP contribution in [0.2, 0.25) is 0 Å². The van der Waals surface area contributed by atoms with Crippen LogP contribution in [0.3, 0.4) is 0 Å². The Balaban J connectivity index is 1.98. The third-order valence-electron chi connectivity index (χ3n) is 5.10. The van der Waals surface area contributed by atoms with Crippen LogP contribution in [0.4, 0.5) is 0 Å². The molecule has 152 valence electrons. The molecule has 3 N–H and O–H groups in total. The Morgan fingerprint density at radius 3 is 2.48 bits per heavy atom. The quantitative estimate of drug-likeness (QED) is 0.416. The second-order valence-electron chi connectivity index (χ2n) is 7.05. The van der Waals surface area contributed by atoms with E-state index in [1.165, 1.54) is 12.4 Å². The number of hydroxylamine groups is 1. The van der Waals surface area contributed by atoms with Gasteiger partial charge >= 0.3 is 0 Å². The van der Waals surface area contributed by atoms with Gasteiger partial charge in [0.1, 0.15) is 10.6 Å². The molecular formula is C20H21N3O5S. The van der Waals surface area contributed by atoms with Crippen molar-refractivity contribution in [2.24, 2.45) is 0 Å². The van der Waals surface area contributed by atoms with E-state index < -0.39 is 20.5 Å². The van der Waals surface area contributed by atoms with Gasteiger partial charge in [0.2, 0.25) is 0 Å². The van der Waals surface area contributed by atoms with Crippen molar-refractivity contribution in [3.05, 3.63) is 64.7 Å². The third kappa shape index (κ3) is 4.06. The number of aromatic amines is 1. The van der Waals surface area contributed by atoms with Crippen molar-refractivity contribution < 1.29 is 18.4 Å². The molecule has 1 aromatic heterocycles. The first-order valence-electron chi connectivity index (χ1n) is 8.88. The van der Waals surface area contributed by atoms with Gasteiger partial charge in [-0.25, -0.2) is 18.9 Å². The molecular weight excluding hydrogens is 394 g/mol. The van der Waals surface area contributed by atoms with Crippen molar-refractivity contribution in [3.8, 4) is 11.1 Å². The monoisotopic (exact) mass is 415 g/mol. The van der Waals surface area contributed by atoms with E-state index in [-0.39, 0.29) is 24.2 Å². The third-order valence-corrected chi connectivity index (χ3v) is 7.13. The zero-order valence-corrected chi connectivity index (χ0v) is 16.8. The van der Waals surface area contributed by atoms with E-state index in [2.05, 4.69) is 9.97 Å². The molecule has 1 heterocycles. The Kier molecular flexibility index (Phi) is 5.54. The van der Waals surface area contributed by atoms with Gasteiger partial charge in [-0.1, -0.05) is 36.4 Å². The van der Waals surface area contributed by atoms with Crippen LogP contribution in [-0.2, 0) is 21.1 Å². The molecule has 0 bridgehead atoms. The minimum atomic E-state index is -3.83. The molecule has 0 aliphatic heterocycles. The van der Waals surface area contributed by atoms with Gasteiger partial charge in [-0.2, -0.15) is 0 Å². The Morgan fingerprint density at radius 2 is 1.86 bits per heavy atom. The lowest BCUT2D eigenvalue weighted by atomic mass is 10.0. The van der Waals surface area contributed by atoms with Crippen LogP contribution in [0.1, 0.15) is 19.2 Å². The Hall–Kier alpha value is -3.04. The minimum absolute atomic E-state index is 0.0255. The number of fused-ring (bicyclic) bond motifs is 1. The number of rotatable bonds is 6. The number of benzene rings is 2. The van der Waals surface area contributed by atoms with Crippen molar-refractivity contribution in [1.29, 1.82) is 0 Å². The molecule has 8 nitrogen and oxygen atoms in total. The SMILES string of the molecule is C[C@@](CCc1nc2cc(-c3ccccc3)ccc2c(=O)[nH]1)(C(=O)NO)S(C)(=O)=O. The second-order valence-corrected chi connectivity index (χ2v) is 9.50. The van der Waals surface area contributed by atoms with E-state index in [0.29, 0.717) is 10.9 Å². The number of carbonyl (C=O) groups excluding carboxylic acids is 1. The molecule has 0 spiro atoms. The van der Waals surface area contributed by atoms with Crippen LogP contribution >= 0.6 is 0 Å². The topological polar surface area (TPSA) is 129 Å². The maximum absolute atomic E-state index is 12.4. The van der Waals surface area contributed by atoms with E-state index >= 15 is 0 Å². The maximum atomic E-state index is 12.4. The molecule has 29 heavy (non-hydrogen) atoms. The highest BCUT2D eigenvalue weighted by molar-refractivity contribution is 7.92. The molecule has 0 radical (unpaired) electrons. The molecule has 0 saturated carbocycles. The lowest BCUT2D eigenvalue weighted by Gasteiger charge is -2.24. The summed E-state index contributed by atoms with van der Waals surface area (Å²) < 4.78 is 22.3. The first kappa shape index (κ1) is 20.7. The normalized spacial score (nSPS) is 13.8. The van der Waals surface area contributed by atoms with Crippen LogP contribution < -0.4 is 11.0 Å². The van der Waals surface area contributed by atoms with Gasteiger partial charge in [0.05, 0.1) is 10.9 Å². The van der Waals surface area contributed by atoms with E-state index in [9.17, 15) is 18.0 Å². The number of aromatic nitrogens is 2. The highest BCUT2D eigenvalue weighted by Crippen LogP contribution is 2.24. The fraction of sp³-hybridized carbons (Fsp3) is 0.250. The molecule has 0 aliphatic carbocycles. The fourth-order valence-electron chi connectivity index (χ4n) is 3.06. The summed E-state index contributed by atoms with van der Waals surface area (Å²) in [5, 5.41) is 9.33. The van der Waals surface area contributed by atoms with Gasteiger partial charge in [0.15, 0.2) is 9.84 Å². The summed E-state index contributed by atoms with van der Waals surface area (Å²) in [4.78, 5) is 31.5. The Morgan fingerprint density at radius 1 is 1.17 bits per heavy atom. The minimum Gasteiger partial charge on any atom is -0.310 e. The van der Waals surface area contributed by atoms with Crippen LogP contribution in [0.15, 0.2) is 53.3 Å². The summed E-state index contributed by atoms with van der Waals surface area (Å²) in [6, 6.07) is 14.9. The summed E-state index contributed by atoms with van der Waals surface area (Å²) in [7, 11) is -3.83. The largest absolute Gasteiger partial charge is 0.310 e. The predicted molar refractivity (Wildman–Crippen MR) is 109 cm³/mol. The maximum Gasteiger partial charge on any atom is 0.264 e. The summed E-state index contributed by atoms with van der Waals surface area (Å²) in [5.74, 6) is -0.775. The highest BCUT2D eigenvalue weighted by atomic mass is 32.2. The number of nitrogens with zero attached hydrogens (tertiary/aromatic N) is 1. The van der Waals surface area contributed by atoms with Gasteiger partial charge in [-0.3, -0.25) is 14.8 Å². The van der Waals surface area contributed by atoms with Crippen molar-refractivity contribution in [2.75, 3.05) is 6.26 Å². The molecule has 1 amide bonds. The summed E-state index contributed by atoms with van der Waals surface area (Å²) in [6.07, 6.45) is 0.785. The van der Waals surface area contributed by atoms with E-state index in [0.717, 1.165) is 17.4 Å². The second kappa shape index (κ2) is 7.76. The van der Waals surface area contributed by atoms with Crippen LogP contribution in [-0.4, -0.2) is 40.5 Å². The first-order valence-corrected chi connectivity index (χ1v) is 10.8. The van der Waals surface area contributed by atoms with E-state index in [1.54, 1.807) is 12.1 Å². The molecule has 0 aliphatic rings. The Labute approximate surface area is 167 Å².